The summed E-state index contributed by atoms with van der Waals surface area (Å²) in [7, 11) is 2.16. The van der Waals surface area contributed by atoms with Gasteiger partial charge >= 0.3 is 0 Å². The van der Waals surface area contributed by atoms with Crippen molar-refractivity contribution in [3.05, 3.63) is 182 Å². The summed E-state index contributed by atoms with van der Waals surface area (Å²) < 4.78 is 11.0. The number of aromatic nitrogens is 2. The molecule has 3 aromatic heterocycles. The number of anilines is 3. The van der Waals surface area contributed by atoms with Crippen molar-refractivity contribution in [3.63, 3.8) is 0 Å². The molecule has 0 fully saturated rings. The van der Waals surface area contributed by atoms with E-state index in [4.69, 9.17) is 4.42 Å². The van der Waals surface area contributed by atoms with Crippen molar-refractivity contribution in [1.29, 1.82) is 0 Å². The zero-order valence-electron chi connectivity index (χ0n) is 29.1. The van der Waals surface area contributed by atoms with Gasteiger partial charge in [0.2, 0.25) is 0 Å². The minimum absolute atomic E-state index is 0.880. The molecule has 0 saturated heterocycles. The maximum absolute atomic E-state index is 6.30. The Hall–Kier alpha value is -7.04. The number of fused-ring (bicyclic) bond motifs is 9. The monoisotopic (exact) mass is 679 g/mol. The standard InChI is InChI=1S/C49H33N3O/c1-50-42-20-8-5-17-37(42)38-27-25-33(30-46(38)50)32-13-11-16-35(29-32)51(36-26-28-48-41(31-36)39-18-7-10-24-47(39)53-48)44-22-12-23-45-49(44)40-19-6-9-21-43(40)52(45)34-14-3-2-4-15-34/h2-31H,1H3. The van der Waals surface area contributed by atoms with E-state index in [0.29, 0.717) is 0 Å². The summed E-state index contributed by atoms with van der Waals surface area (Å²) in [5.41, 5.74) is 13.3. The Bertz CT molecular complexity index is 3200. The highest BCUT2D eigenvalue weighted by molar-refractivity contribution is 6.17. The van der Waals surface area contributed by atoms with E-state index in [1.54, 1.807) is 0 Å². The molecule has 0 bridgehead atoms. The summed E-state index contributed by atoms with van der Waals surface area (Å²) in [5, 5.41) is 7.17. The maximum atomic E-state index is 6.30. The van der Waals surface area contributed by atoms with Crippen molar-refractivity contribution in [3.8, 4) is 16.8 Å². The first kappa shape index (κ1) is 29.7. The van der Waals surface area contributed by atoms with Crippen molar-refractivity contribution in [2.24, 2.45) is 7.05 Å². The molecule has 53 heavy (non-hydrogen) atoms. The fraction of sp³-hybridized carbons (Fsp3) is 0.0204. The second kappa shape index (κ2) is 11.5. The van der Waals surface area contributed by atoms with Gasteiger partial charge in [0.15, 0.2) is 0 Å². The molecule has 0 radical (unpaired) electrons. The van der Waals surface area contributed by atoms with E-state index in [9.17, 15) is 0 Å². The average molecular weight is 680 g/mol. The van der Waals surface area contributed by atoms with Crippen LogP contribution in [0.5, 0.6) is 0 Å². The third-order valence-corrected chi connectivity index (χ3v) is 10.9. The number of hydrogen-bond donors (Lipinski definition) is 0. The molecule has 4 heteroatoms. The van der Waals surface area contributed by atoms with Crippen LogP contribution in [0.15, 0.2) is 186 Å². The molecule has 11 rings (SSSR count). The van der Waals surface area contributed by atoms with E-state index in [2.05, 4.69) is 191 Å². The summed E-state index contributed by atoms with van der Waals surface area (Å²) in [5.74, 6) is 0. The second-order valence-electron chi connectivity index (χ2n) is 13.8. The molecular formula is C49H33N3O. The van der Waals surface area contributed by atoms with E-state index < -0.39 is 0 Å². The number of benzene rings is 8. The van der Waals surface area contributed by atoms with Crippen LogP contribution in [0.25, 0.3) is 82.4 Å². The van der Waals surface area contributed by atoms with Gasteiger partial charge in [-0.1, -0.05) is 103 Å². The second-order valence-corrected chi connectivity index (χ2v) is 13.8. The molecule has 0 saturated carbocycles. The van der Waals surface area contributed by atoms with Crippen LogP contribution < -0.4 is 4.90 Å². The fourth-order valence-electron chi connectivity index (χ4n) is 8.49. The predicted molar refractivity (Wildman–Crippen MR) is 222 cm³/mol. The maximum Gasteiger partial charge on any atom is 0.135 e. The lowest BCUT2D eigenvalue weighted by molar-refractivity contribution is 0.669. The van der Waals surface area contributed by atoms with Gasteiger partial charge in [0.25, 0.3) is 0 Å². The summed E-state index contributed by atoms with van der Waals surface area (Å²) in [4.78, 5) is 2.42. The molecule has 0 unspecified atom stereocenters. The van der Waals surface area contributed by atoms with Crippen LogP contribution in [-0.4, -0.2) is 9.13 Å². The lowest BCUT2D eigenvalue weighted by Gasteiger charge is -2.27. The highest BCUT2D eigenvalue weighted by Gasteiger charge is 2.22. The van der Waals surface area contributed by atoms with Gasteiger partial charge in [0, 0.05) is 67.5 Å². The highest BCUT2D eigenvalue weighted by Crippen LogP contribution is 2.46. The number of para-hydroxylation sites is 4. The van der Waals surface area contributed by atoms with Crippen molar-refractivity contribution in [2.75, 3.05) is 4.90 Å². The number of aryl methyl sites for hydroxylation is 1. The van der Waals surface area contributed by atoms with Gasteiger partial charge in [-0.05, 0) is 90.0 Å². The smallest absolute Gasteiger partial charge is 0.135 e. The molecule has 0 atom stereocenters. The number of rotatable bonds is 5. The number of furan rings is 1. The molecular weight excluding hydrogens is 647 g/mol. The molecule has 0 aliphatic rings. The lowest BCUT2D eigenvalue weighted by Crippen LogP contribution is -2.10. The Labute approximate surface area is 306 Å². The quantitative estimate of drug-likeness (QED) is 0.181. The molecule has 0 spiro atoms. The molecule has 0 aliphatic carbocycles. The molecule has 3 heterocycles. The molecule has 11 aromatic rings. The number of hydrogen-bond acceptors (Lipinski definition) is 2. The summed E-state index contributed by atoms with van der Waals surface area (Å²) >= 11 is 0. The van der Waals surface area contributed by atoms with Crippen LogP contribution >= 0.6 is 0 Å². The molecule has 0 N–H and O–H groups in total. The van der Waals surface area contributed by atoms with E-state index in [0.717, 1.165) is 55.8 Å². The highest BCUT2D eigenvalue weighted by atomic mass is 16.3. The van der Waals surface area contributed by atoms with Crippen LogP contribution in [0.2, 0.25) is 0 Å². The zero-order chi connectivity index (χ0) is 35.0. The van der Waals surface area contributed by atoms with Crippen molar-refractivity contribution in [2.45, 2.75) is 0 Å². The molecule has 0 amide bonds. The van der Waals surface area contributed by atoms with Crippen LogP contribution in [0, 0.1) is 0 Å². The summed E-state index contributed by atoms with van der Waals surface area (Å²) in [6.45, 7) is 0. The minimum atomic E-state index is 0.880. The first-order valence-corrected chi connectivity index (χ1v) is 18.1. The normalized spacial score (nSPS) is 11.9. The van der Waals surface area contributed by atoms with Gasteiger partial charge in [-0.2, -0.15) is 0 Å². The van der Waals surface area contributed by atoms with Crippen LogP contribution in [0.3, 0.4) is 0 Å². The SMILES string of the molecule is Cn1c2ccccc2c2ccc(-c3cccc(N(c4ccc5oc6ccccc6c5c4)c4cccc5c4c4ccccc4n5-c4ccccc4)c3)cc21. The van der Waals surface area contributed by atoms with Crippen molar-refractivity contribution >= 4 is 82.6 Å². The van der Waals surface area contributed by atoms with Crippen LogP contribution in [0.4, 0.5) is 17.1 Å². The Morgan fingerprint density at radius 2 is 1.08 bits per heavy atom. The van der Waals surface area contributed by atoms with Crippen LogP contribution in [-0.2, 0) is 7.05 Å². The van der Waals surface area contributed by atoms with E-state index in [-0.39, 0.29) is 0 Å². The van der Waals surface area contributed by atoms with Crippen LogP contribution in [0.1, 0.15) is 0 Å². The molecule has 250 valence electrons. The summed E-state index contributed by atoms with van der Waals surface area (Å²) in [6.07, 6.45) is 0. The third kappa shape index (κ3) is 4.49. The first-order chi connectivity index (χ1) is 26.2. The largest absolute Gasteiger partial charge is 0.456 e. The Morgan fingerprint density at radius 3 is 1.96 bits per heavy atom. The van der Waals surface area contributed by atoms with Crippen molar-refractivity contribution in [1.82, 2.24) is 9.13 Å². The van der Waals surface area contributed by atoms with Gasteiger partial charge in [0.05, 0.1) is 16.7 Å². The van der Waals surface area contributed by atoms with Crippen molar-refractivity contribution < 1.29 is 4.42 Å². The van der Waals surface area contributed by atoms with Gasteiger partial charge in [-0.3, -0.25) is 0 Å². The minimum Gasteiger partial charge on any atom is -0.456 e. The Morgan fingerprint density at radius 1 is 0.415 bits per heavy atom. The lowest BCUT2D eigenvalue weighted by atomic mass is 10.0. The van der Waals surface area contributed by atoms with E-state index in [1.807, 2.05) is 12.1 Å². The molecule has 4 nitrogen and oxygen atoms in total. The third-order valence-electron chi connectivity index (χ3n) is 10.9. The first-order valence-electron chi connectivity index (χ1n) is 18.1. The zero-order valence-corrected chi connectivity index (χ0v) is 29.1. The summed E-state index contributed by atoms with van der Waals surface area (Å²) in [6, 6.07) is 65.5. The van der Waals surface area contributed by atoms with E-state index >= 15 is 0 Å². The van der Waals surface area contributed by atoms with E-state index in [1.165, 1.54) is 43.7 Å². The molecule has 0 aliphatic heterocycles. The Balaban J connectivity index is 1.17. The average Bonchev–Trinajstić information content (AvgIpc) is 3.86. The number of nitrogens with zero attached hydrogens (tertiary/aromatic N) is 3. The van der Waals surface area contributed by atoms with Gasteiger partial charge < -0.3 is 18.5 Å². The topological polar surface area (TPSA) is 26.2 Å². The Kier molecular flexibility index (Phi) is 6.43. The van der Waals surface area contributed by atoms with Gasteiger partial charge in [-0.25, -0.2) is 0 Å². The van der Waals surface area contributed by atoms with Gasteiger partial charge in [0.1, 0.15) is 11.2 Å². The van der Waals surface area contributed by atoms with Gasteiger partial charge in [-0.15, -0.1) is 0 Å². The fourth-order valence-corrected chi connectivity index (χ4v) is 8.49. The predicted octanol–water partition coefficient (Wildman–Crippen LogP) is 13.5. The molecule has 8 aromatic carbocycles.